The van der Waals surface area contributed by atoms with Crippen molar-refractivity contribution < 1.29 is 4.79 Å². The SMILES string of the molecule is CSc1c(N(C)CCC(C)C)sc(C(N)=O)c1N. The molecular formula is C12H21N3OS2. The Hall–Kier alpha value is -0.880. The zero-order valence-electron chi connectivity index (χ0n) is 11.3. The van der Waals surface area contributed by atoms with Gasteiger partial charge in [-0.1, -0.05) is 13.8 Å². The predicted octanol–water partition coefficient (Wildman–Crippen LogP) is 2.63. The van der Waals surface area contributed by atoms with Crippen LogP contribution < -0.4 is 16.4 Å². The van der Waals surface area contributed by atoms with Crippen molar-refractivity contribution in [3.05, 3.63) is 4.88 Å². The summed E-state index contributed by atoms with van der Waals surface area (Å²) in [5.41, 5.74) is 11.8. The molecule has 18 heavy (non-hydrogen) atoms. The highest BCUT2D eigenvalue weighted by atomic mass is 32.2. The predicted molar refractivity (Wildman–Crippen MR) is 81.8 cm³/mol. The van der Waals surface area contributed by atoms with Crippen LogP contribution in [0.5, 0.6) is 0 Å². The number of thioether (sulfide) groups is 1. The Bertz CT molecular complexity index is 429. The quantitative estimate of drug-likeness (QED) is 0.789. The maximum absolute atomic E-state index is 11.3. The second-order valence-electron chi connectivity index (χ2n) is 4.65. The van der Waals surface area contributed by atoms with E-state index in [0.717, 1.165) is 22.9 Å². The first-order valence-corrected chi connectivity index (χ1v) is 7.89. The fourth-order valence-corrected chi connectivity index (χ4v) is 3.65. The van der Waals surface area contributed by atoms with Gasteiger partial charge in [0.15, 0.2) is 0 Å². The van der Waals surface area contributed by atoms with Crippen LogP contribution in [0.1, 0.15) is 29.9 Å². The van der Waals surface area contributed by atoms with E-state index in [1.807, 2.05) is 13.3 Å². The summed E-state index contributed by atoms with van der Waals surface area (Å²) in [5, 5.41) is 1.04. The third-order valence-electron chi connectivity index (χ3n) is 2.70. The van der Waals surface area contributed by atoms with Crippen molar-refractivity contribution in [3.63, 3.8) is 0 Å². The molecular weight excluding hydrogens is 266 g/mol. The van der Waals surface area contributed by atoms with Gasteiger partial charge in [0.2, 0.25) is 0 Å². The van der Waals surface area contributed by atoms with Crippen molar-refractivity contribution in [1.29, 1.82) is 0 Å². The number of nitrogens with two attached hydrogens (primary N) is 2. The summed E-state index contributed by atoms with van der Waals surface area (Å²) in [7, 11) is 2.03. The number of primary amides is 1. The Kier molecular flexibility index (Phi) is 5.34. The number of nitrogen functional groups attached to an aromatic ring is 1. The lowest BCUT2D eigenvalue weighted by molar-refractivity contribution is 0.100. The molecule has 6 heteroatoms. The van der Waals surface area contributed by atoms with Crippen LogP contribution in [0, 0.1) is 5.92 Å². The molecule has 0 aromatic carbocycles. The standard InChI is InChI=1S/C12H21N3OS2/c1-7(2)5-6-15(3)12-10(17-4)8(13)9(18-12)11(14)16/h7H,5-6,13H2,1-4H3,(H2,14,16). The number of nitrogens with zero attached hydrogens (tertiary/aromatic N) is 1. The van der Waals surface area contributed by atoms with Gasteiger partial charge in [-0.2, -0.15) is 0 Å². The summed E-state index contributed by atoms with van der Waals surface area (Å²) in [6.45, 7) is 5.34. The van der Waals surface area contributed by atoms with Gasteiger partial charge in [-0.3, -0.25) is 4.79 Å². The van der Waals surface area contributed by atoms with Gasteiger partial charge < -0.3 is 16.4 Å². The van der Waals surface area contributed by atoms with Gasteiger partial charge in [-0.15, -0.1) is 23.1 Å². The van der Waals surface area contributed by atoms with E-state index in [0.29, 0.717) is 16.5 Å². The number of thiophene rings is 1. The Balaban J connectivity index is 3.00. The van der Waals surface area contributed by atoms with Crippen LogP contribution in [0.25, 0.3) is 0 Å². The number of carbonyl (C=O) groups excluding carboxylic acids is 1. The summed E-state index contributed by atoms with van der Waals surface area (Å²) in [4.78, 5) is 14.9. The van der Waals surface area contributed by atoms with Gasteiger partial charge in [0.1, 0.15) is 9.88 Å². The normalized spacial score (nSPS) is 10.9. The Labute approximate surface area is 117 Å². The molecule has 102 valence electrons. The van der Waals surface area contributed by atoms with Gasteiger partial charge in [0.05, 0.1) is 10.6 Å². The van der Waals surface area contributed by atoms with Crippen LogP contribution in [0.4, 0.5) is 10.7 Å². The third kappa shape index (κ3) is 3.32. The maximum Gasteiger partial charge on any atom is 0.261 e. The molecule has 1 rings (SSSR count). The van der Waals surface area contributed by atoms with Crippen molar-refractivity contribution in [3.8, 4) is 0 Å². The first kappa shape index (κ1) is 15.2. The second-order valence-corrected chi connectivity index (χ2v) is 6.47. The molecule has 0 aliphatic heterocycles. The van der Waals surface area contributed by atoms with Gasteiger partial charge in [-0.05, 0) is 18.6 Å². The Morgan fingerprint density at radius 3 is 2.56 bits per heavy atom. The summed E-state index contributed by atoms with van der Waals surface area (Å²) >= 11 is 2.94. The molecule has 0 fully saturated rings. The van der Waals surface area contributed by atoms with Crippen molar-refractivity contribution in [2.24, 2.45) is 11.7 Å². The highest BCUT2D eigenvalue weighted by molar-refractivity contribution is 7.99. The van der Waals surface area contributed by atoms with E-state index in [1.54, 1.807) is 11.8 Å². The van der Waals surface area contributed by atoms with E-state index in [4.69, 9.17) is 11.5 Å². The molecule has 1 amide bonds. The van der Waals surface area contributed by atoms with Crippen molar-refractivity contribution in [2.45, 2.75) is 25.2 Å². The lowest BCUT2D eigenvalue weighted by Crippen LogP contribution is -2.19. The fraction of sp³-hybridized carbons (Fsp3) is 0.583. The number of hydrogen-bond donors (Lipinski definition) is 2. The summed E-state index contributed by atoms with van der Waals surface area (Å²) in [6.07, 6.45) is 3.07. The minimum absolute atomic E-state index is 0.448. The largest absolute Gasteiger partial charge is 0.396 e. The van der Waals surface area contributed by atoms with E-state index in [2.05, 4.69) is 18.7 Å². The van der Waals surface area contributed by atoms with Gasteiger partial charge in [0.25, 0.3) is 5.91 Å². The first-order valence-electron chi connectivity index (χ1n) is 5.85. The lowest BCUT2D eigenvalue weighted by atomic mass is 10.1. The lowest BCUT2D eigenvalue weighted by Gasteiger charge is -2.19. The van der Waals surface area contributed by atoms with E-state index < -0.39 is 5.91 Å². The van der Waals surface area contributed by atoms with Crippen molar-refractivity contribution in [2.75, 3.05) is 30.5 Å². The monoisotopic (exact) mass is 287 g/mol. The maximum atomic E-state index is 11.3. The molecule has 1 aromatic heterocycles. The molecule has 0 saturated carbocycles. The average Bonchev–Trinajstić information content (AvgIpc) is 2.63. The van der Waals surface area contributed by atoms with Crippen LogP contribution in [0.2, 0.25) is 0 Å². The summed E-state index contributed by atoms with van der Waals surface area (Å²) in [5.74, 6) is 0.203. The van der Waals surface area contributed by atoms with E-state index in [1.165, 1.54) is 11.3 Å². The molecule has 0 radical (unpaired) electrons. The van der Waals surface area contributed by atoms with Gasteiger partial charge >= 0.3 is 0 Å². The van der Waals surface area contributed by atoms with Gasteiger partial charge in [-0.25, -0.2) is 0 Å². The number of amides is 1. The van der Waals surface area contributed by atoms with Crippen molar-refractivity contribution in [1.82, 2.24) is 0 Å². The number of rotatable bonds is 6. The molecule has 1 heterocycles. The van der Waals surface area contributed by atoms with E-state index in [-0.39, 0.29) is 0 Å². The van der Waals surface area contributed by atoms with Crippen LogP contribution >= 0.6 is 23.1 Å². The molecule has 0 saturated heterocycles. The third-order valence-corrected chi connectivity index (χ3v) is 4.98. The molecule has 0 bridgehead atoms. The molecule has 0 spiro atoms. The second kappa shape index (κ2) is 6.33. The number of carbonyl (C=O) groups is 1. The molecule has 4 nitrogen and oxygen atoms in total. The highest BCUT2D eigenvalue weighted by Crippen LogP contribution is 2.43. The zero-order valence-corrected chi connectivity index (χ0v) is 13.0. The summed E-state index contributed by atoms with van der Waals surface area (Å²) in [6, 6.07) is 0. The first-order chi connectivity index (χ1) is 8.38. The van der Waals surface area contributed by atoms with Crippen LogP contribution in [-0.4, -0.2) is 25.8 Å². The van der Waals surface area contributed by atoms with Crippen molar-refractivity contribution >= 4 is 39.7 Å². The minimum atomic E-state index is -0.448. The molecule has 4 N–H and O–H groups in total. The molecule has 0 atom stereocenters. The average molecular weight is 287 g/mol. The fourth-order valence-electron chi connectivity index (χ4n) is 1.60. The zero-order chi connectivity index (χ0) is 13.9. The topological polar surface area (TPSA) is 72.3 Å². The van der Waals surface area contributed by atoms with E-state index >= 15 is 0 Å². The van der Waals surface area contributed by atoms with Gasteiger partial charge in [0, 0.05) is 13.6 Å². The highest BCUT2D eigenvalue weighted by Gasteiger charge is 2.21. The van der Waals surface area contributed by atoms with Crippen LogP contribution in [0.3, 0.4) is 0 Å². The minimum Gasteiger partial charge on any atom is -0.396 e. The molecule has 0 unspecified atom stereocenters. The Morgan fingerprint density at radius 2 is 2.11 bits per heavy atom. The smallest absolute Gasteiger partial charge is 0.261 e. The number of anilines is 2. The molecule has 0 aliphatic carbocycles. The Morgan fingerprint density at radius 1 is 1.50 bits per heavy atom. The van der Waals surface area contributed by atoms with Crippen LogP contribution in [0.15, 0.2) is 4.90 Å². The molecule has 0 aliphatic rings. The van der Waals surface area contributed by atoms with Crippen LogP contribution in [-0.2, 0) is 0 Å². The summed E-state index contributed by atoms with van der Waals surface area (Å²) < 4.78 is 0. The molecule has 1 aromatic rings. The number of hydrogen-bond acceptors (Lipinski definition) is 5. The van der Waals surface area contributed by atoms with E-state index in [9.17, 15) is 4.79 Å².